The van der Waals surface area contributed by atoms with Crippen LogP contribution in [0.15, 0.2) is 59.6 Å². The number of carbonyl (C=O) groups excluding carboxylic acids is 1. The molecule has 1 amide bonds. The third-order valence-corrected chi connectivity index (χ3v) is 9.73. The van der Waals surface area contributed by atoms with E-state index in [1.165, 1.54) is 13.2 Å². The molecule has 1 aliphatic carbocycles. The van der Waals surface area contributed by atoms with Crippen LogP contribution in [0.3, 0.4) is 0 Å². The molecule has 0 unspecified atom stereocenters. The molecule has 0 aliphatic heterocycles. The third-order valence-electron chi connectivity index (χ3n) is 7.59. The second kappa shape index (κ2) is 13.2. The average Bonchev–Trinajstić information content (AvgIpc) is 2.97. The van der Waals surface area contributed by atoms with Crippen molar-refractivity contribution in [1.29, 1.82) is 0 Å². The minimum Gasteiger partial charge on any atom is -0.481 e. The first-order valence-corrected chi connectivity index (χ1v) is 16.9. The van der Waals surface area contributed by atoms with Crippen LogP contribution in [0.4, 0.5) is 10.7 Å². The molecule has 0 atom stereocenters. The molecule has 0 bridgehead atoms. The highest BCUT2D eigenvalue weighted by Gasteiger charge is 2.25. The molecule has 0 radical (unpaired) electrons. The first-order chi connectivity index (χ1) is 21.3. The molecule has 1 aliphatic rings. The van der Waals surface area contributed by atoms with Crippen LogP contribution in [0, 0.1) is 6.92 Å². The smallest absolute Gasteiger partial charge is 0.407 e. The van der Waals surface area contributed by atoms with Crippen LogP contribution in [0.2, 0.25) is 5.02 Å². The summed E-state index contributed by atoms with van der Waals surface area (Å²) in [6.07, 6.45) is 4.85. The van der Waals surface area contributed by atoms with Crippen LogP contribution in [0.5, 0.6) is 5.88 Å². The predicted molar refractivity (Wildman–Crippen MR) is 175 cm³/mol. The van der Waals surface area contributed by atoms with Gasteiger partial charge < -0.3 is 20.1 Å². The lowest BCUT2D eigenvalue weighted by Gasteiger charge is -2.30. The highest BCUT2D eigenvalue weighted by molar-refractivity contribution is 7.90. The van der Waals surface area contributed by atoms with Crippen LogP contribution >= 0.6 is 11.6 Å². The molecule has 5 rings (SSSR count). The van der Waals surface area contributed by atoms with E-state index in [1.54, 1.807) is 30.5 Å². The number of aryl methyl sites for hydroxylation is 1. The Kier molecular flexibility index (Phi) is 9.50. The Balaban J connectivity index is 1.28. The van der Waals surface area contributed by atoms with E-state index < -0.39 is 15.4 Å². The van der Waals surface area contributed by atoms with Crippen molar-refractivity contribution in [1.82, 2.24) is 20.3 Å². The van der Waals surface area contributed by atoms with Crippen LogP contribution < -0.4 is 15.4 Å². The fourth-order valence-corrected chi connectivity index (χ4v) is 7.34. The molecule has 1 fully saturated rings. The maximum atomic E-state index is 13.0. The average molecular weight is 652 g/mol. The Morgan fingerprint density at radius 3 is 2.42 bits per heavy atom. The quantitative estimate of drug-likeness (QED) is 0.209. The maximum absolute atomic E-state index is 13.0. The van der Waals surface area contributed by atoms with E-state index in [9.17, 15) is 13.2 Å². The molecular formula is C33H38ClN5O5S. The maximum Gasteiger partial charge on any atom is 0.407 e. The number of sulfone groups is 1. The van der Waals surface area contributed by atoms with Gasteiger partial charge in [-0.25, -0.2) is 28.2 Å². The van der Waals surface area contributed by atoms with Gasteiger partial charge in [-0.15, -0.1) is 0 Å². The SMILES string of the molecule is COc1nc(CS(=O)(=O)c2ccccc2Cl)ccc1-c1cc(C)c2nc(NC3CCC(NC(=O)OC(C)(C)C)CC3)ncc2c1. The van der Waals surface area contributed by atoms with Crippen molar-refractivity contribution in [2.75, 3.05) is 12.4 Å². The highest BCUT2D eigenvalue weighted by atomic mass is 35.5. The lowest BCUT2D eigenvalue weighted by atomic mass is 9.91. The van der Waals surface area contributed by atoms with Gasteiger partial charge in [0, 0.05) is 29.2 Å². The summed E-state index contributed by atoms with van der Waals surface area (Å²) in [4.78, 5) is 26.1. The number of rotatable bonds is 8. The summed E-state index contributed by atoms with van der Waals surface area (Å²) < 4.78 is 37.0. The number of benzene rings is 2. The zero-order valence-corrected chi connectivity index (χ0v) is 27.6. The number of aromatic nitrogens is 3. The van der Waals surface area contributed by atoms with Crippen molar-refractivity contribution in [2.24, 2.45) is 0 Å². The normalized spacial score (nSPS) is 17.1. The van der Waals surface area contributed by atoms with E-state index in [-0.39, 0.29) is 33.8 Å². The van der Waals surface area contributed by atoms with Gasteiger partial charge in [0.25, 0.3) is 0 Å². The number of amides is 1. The fraction of sp³-hybridized carbons (Fsp3) is 0.394. The fourth-order valence-electron chi connectivity index (χ4n) is 5.49. The van der Waals surface area contributed by atoms with E-state index in [0.29, 0.717) is 17.5 Å². The summed E-state index contributed by atoms with van der Waals surface area (Å²) in [5, 5.41) is 7.47. The second-order valence-corrected chi connectivity index (χ2v) is 14.7. The number of pyridine rings is 1. The molecule has 1 saturated carbocycles. The Labute approximate surface area is 268 Å². The van der Waals surface area contributed by atoms with Crippen molar-refractivity contribution in [3.05, 3.63) is 71.0 Å². The number of carbonyl (C=O) groups is 1. The van der Waals surface area contributed by atoms with Crippen LogP contribution in [-0.4, -0.2) is 54.3 Å². The van der Waals surface area contributed by atoms with Gasteiger partial charge >= 0.3 is 6.09 Å². The summed E-state index contributed by atoms with van der Waals surface area (Å²) >= 11 is 6.14. The molecule has 0 spiro atoms. The lowest BCUT2D eigenvalue weighted by molar-refractivity contribution is 0.0492. The van der Waals surface area contributed by atoms with Crippen LogP contribution in [0.1, 0.15) is 57.7 Å². The van der Waals surface area contributed by atoms with Crippen molar-refractivity contribution < 1.29 is 22.7 Å². The van der Waals surface area contributed by atoms with Crippen molar-refractivity contribution in [3.8, 4) is 17.0 Å². The molecule has 12 heteroatoms. The number of halogens is 1. The summed E-state index contributed by atoms with van der Waals surface area (Å²) in [6.45, 7) is 7.55. The molecule has 0 saturated heterocycles. The summed E-state index contributed by atoms with van der Waals surface area (Å²) in [6, 6.07) is 14.1. The largest absolute Gasteiger partial charge is 0.481 e. The van der Waals surface area contributed by atoms with Gasteiger partial charge in [0.2, 0.25) is 11.8 Å². The lowest BCUT2D eigenvalue weighted by Crippen LogP contribution is -2.42. The van der Waals surface area contributed by atoms with Gasteiger partial charge in [0.05, 0.1) is 34.0 Å². The van der Waals surface area contributed by atoms with Gasteiger partial charge in [-0.05, 0) is 101 Å². The van der Waals surface area contributed by atoms with Gasteiger partial charge in [0.1, 0.15) is 5.60 Å². The minimum absolute atomic E-state index is 0.0680. The molecule has 2 heterocycles. The number of hydrogen-bond donors (Lipinski definition) is 2. The predicted octanol–water partition coefficient (Wildman–Crippen LogP) is 6.88. The number of hydrogen-bond acceptors (Lipinski definition) is 9. The standard InChI is InChI=1S/C33H38ClN5O5S/c1-20-16-21(26-15-14-25(36-30(26)43-5)19-45(41,42)28-9-7-6-8-27(28)34)17-22-18-35-31(39-29(20)22)37-23-10-12-24(13-11-23)38-32(40)44-33(2,3)4/h6-9,14-18,23-24H,10-13,19H2,1-5H3,(H,38,40)(H,35,37,39). The Morgan fingerprint density at radius 2 is 1.73 bits per heavy atom. The molecule has 45 heavy (non-hydrogen) atoms. The molecule has 10 nitrogen and oxygen atoms in total. The first kappa shape index (κ1) is 32.4. The Hall–Kier alpha value is -3.96. The Morgan fingerprint density at radius 1 is 1.02 bits per heavy atom. The van der Waals surface area contributed by atoms with Crippen molar-refractivity contribution in [2.45, 2.75) is 81.7 Å². The van der Waals surface area contributed by atoms with Gasteiger partial charge in [-0.3, -0.25) is 0 Å². The number of methoxy groups -OCH3 is 1. The van der Waals surface area contributed by atoms with Gasteiger partial charge in [0.15, 0.2) is 9.84 Å². The zero-order chi connectivity index (χ0) is 32.4. The van der Waals surface area contributed by atoms with E-state index in [1.807, 2.05) is 45.9 Å². The van der Waals surface area contributed by atoms with E-state index in [4.69, 9.17) is 26.1 Å². The zero-order valence-electron chi connectivity index (χ0n) is 26.1. The summed E-state index contributed by atoms with van der Waals surface area (Å²) in [5.41, 5.74) is 3.18. The monoisotopic (exact) mass is 651 g/mol. The molecule has 238 valence electrons. The summed E-state index contributed by atoms with van der Waals surface area (Å²) in [7, 11) is -2.20. The van der Waals surface area contributed by atoms with Gasteiger partial charge in [-0.1, -0.05) is 23.7 Å². The molecule has 2 aromatic heterocycles. The van der Waals surface area contributed by atoms with Crippen molar-refractivity contribution >= 4 is 44.4 Å². The third kappa shape index (κ3) is 8.01. The van der Waals surface area contributed by atoms with Crippen molar-refractivity contribution in [3.63, 3.8) is 0 Å². The van der Waals surface area contributed by atoms with E-state index >= 15 is 0 Å². The minimum atomic E-state index is -3.70. The second-order valence-electron chi connectivity index (χ2n) is 12.3. The first-order valence-electron chi connectivity index (χ1n) is 14.9. The highest BCUT2D eigenvalue weighted by Crippen LogP contribution is 2.33. The van der Waals surface area contributed by atoms with E-state index in [2.05, 4.69) is 20.6 Å². The Bertz CT molecular complexity index is 1820. The number of nitrogens with zero attached hydrogens (tertiary/aromatic N) is 3. The molecule has 2 aromatic carbocycles. The van der Waals surface area contributed by atoms with E-state index in [0.717, 1.165) is 53.3 Å². The molecule has 4 aromatic rings. The van der Waals surface area contributed by atoms with Crippen LogP contribution in [0.25, 0.3) is 22.0 Å². The molecule has 2 N–H and O–H groups in total. The van der Waals surface area contributed by atoms with Gasteiger partial charge in [-0.2, -0.15) is 0 Å². The number of nitrogens with one attached hydrogen (secondary N) is 2. The molecular weight excluding hydrogens is 614 g/mol. The topological polar surface area (TPSA) is 132 Å². The number of fused-ring (bicyclic) bond motifs is 1. The number of alkyl carbamates (subject to hydrolysis) is 1. The number of ether oxygens (including phenoxy) is 2. The summed E-state index contributed by atoms with van der Waals surface area (Å²) in [5.74, 6) is 0.567. The van der Waals surface area contributed by atoms with Crippen LogP contribution in [-0.2, 0) is 20.3 Å². The number of anilines is 1.